The Kier molecular flexibility index (Phi) is 4.69. The van der Waals surface area contributed by atoms with Crippen LogP contribution >= 0.6 is 0 Å². The molecule has 0 spiro atoms. The summed E-state index contributed by atoms with van der Waals surface area (Å²) < 4.78 is 0. The third-order valence-corrected chi connectivity index (χ3v) is 2.47. The molecule has 1 unspecified atom stereocenters. The zero-order valence-electron chi connectivity index (χ0n) is 10.1. The van der Waals surface area contributed by atoms with Crippen molar-refractivity contribution >= 4 is 11.8 Å². The van der Waals surface area contributed by atoms with Crippen molar-refractivity contribution < 1.29 is 9.59 Å². The second-order valence-electron chi connectivity index (χ2n) is 4.31. The predicted octanol–water partition coefficient (Wildman–Crippen LogP) is 0.855. The first-order valence-electron chi connectivity index (χ1n) is 5.64. The first kappa shape index (κ1) is 13.2. The summed E-state index contributed by atoms with van der Waals surface area (Å²) in [5.74, 6) is -0.833. The molecule has 1 aromatic carbocycles. The van der Waals surface area contributed by atoms with E-state index in [0.717, 1.165) is 5.56 Å². The fourth-order valence-corrected chi connectivity index (χ4v) is 1.41. The van der Waals surface area contributed by atoms with Crippen LogP contribution in [0.3, 0.4) is 0 Å². The maximum absolute atomic E-state index is 11.5. The molecule has 0 saturated carbocycles. The van der Waals surface area contributed by atoms with Gasteiger partial charge in [0.25, 0.3) is 0 Å². The Labute approximate surface area is 101 Å². The summed E-state index contributed by atoms with van der Waals surface area (Å²) >= 11 is 0. The number of amides is 2. The number of rotatable bonds is 5. The summed E-state index contributed by atoms with van der Waals surface area (Å²) in [6.45, 7) is 3.55. The largest absolute Gasteiger partial charge is 0.368 e. The first-order chi connectivity index (χ1) is 8.00. The molecule has 0 aliphatic heterocycles. The second kappa shape index (κ2) is 6.03. The Morgan fingerprint density at radius 3 is 2.29 bits per heavy atom. The van der Waals surface area contributed by atoms with Crippen LogP contribution < -0.4 is 11.1 Å². The number of carbonyl (C=O) groups excluding carboxylic acids is 2. The molecule has 0 aliphatic carbocycles. The third kappa shape index (κ3) is 4.26. The number of primary amides is 1. The van der Waals surface area contributed by atoms with Crippen molar-refractivity contribution in [3.05, 3.63) is 35.9 Å². The van der Waals surface area contributed by atoms with E-state index in [0.29, 0.717) is 6.42 Å². The SMILES string of the molecule is CC(C)C(=O)NC(Cc1ccccc1)C(N)=O. The van der Waals surface area contributed by atoms with E-state index in [4.69, 9.17) is 5.73 Å². The third-order valence-electron chi connectivity index (χ3n) is 2.47. The van der Waals surface area contributed by atoms with Gasteiger partial charge in [-0.05, 0) is 5.56 Å². The Morgan fingerprint density at radius 1 is 1.24 bits per heavy atom. The lowest BCUT2D eigenvalue weighted by Gasteiger charge is -2.16. The van der Waals surface area contributed by atoms with Crippen molar-refractivity contribution in [1.82, 2.24) is 5.32 Å². The van der Waals surface area contributed by atoms with Gasteiger partial charge in [-0.2, -0.15) is 0 Å². The van der Waals surface area contributed by atoms with Crippen LogP contribution in [0.2, 0.25) is 0 Å². The van der Waals surface area contributed by atoms with Crippen molar-refractivity contribution in [1.29, 1.82) is 0 Å². The van der Waals surface area contributed by atoms with Gasteiger partial charge >= 0.3 is 0 Å². The van der Waals surface area contributed by atoms with Gasteiger partial charge in [0.1, 0.15) is 6.04 Å². The molecule has 1 rings (SSSR count). The van der Waals surface area contributed by atoms with Gasteiger partial charge in [-0.25, -0.2) is 0 Å². The Hall–Kier alpha value is -1.84. The molecule has 0 radical (unpaired) electrons. The van der Waals surface area contributed by atoms with Gasteiger partial charge in [0, 0.05) is 12.3 Å². The first-order valence-corrected chi connectivity index (χ1v) is 5.64. The molecule has 0 fully saturated rings. The number of hydrogen-bond donors (Lipinski definition) is 2. The summed E-state index contributed by atoms with van der Waals surface area (Å²) in [4.78, 5) is 22.8. The topological polar surface area (TPSA) is 72.2 Å². The van der Waals surface area contributed by atoms with Gasteiger partial charge in [-0.1, -0.05) is 44.2 Å². The van der Waals surface area contributed by atoms with Crippen LogP contribution in [0.25, 0.3) is 0 Å². The van der Waals surface area contributed by atoms with Gasteiger partial charge in [-0.3, -0.25) is 9.59 Å². The average molecular weight is 234 g/mol. The number of benzene rings is 1. The van der Waals surface area contributed by atoms with E-state index in [1.165, 1.54) is 0 Å². The minimum absolute atomic E-state index is 0.160. The van der Waals surface area contributed by atoms with E-state index >= 15 is 0 Å². The van der Waals surface area contributed by atoms with Crippen molar-refractivity contribution in [3.8, 4) is 0 Å². The van der Waals surface area contributed by atoms with Crippen LogP contribution in [-0.4, -0.2) is 17.9 Å². The molecule has 3 N–H and O–H groups in total. The van der Waals surface area contributed by atoms with E-state index in [9.17, 15) is 9.59 Å². The molecule has 2 amide bonds. The number of carbonyl (C=O) groups is 2. The Balaban J connectivity index is 2.68. The van der Waals surface area contributed by atoms with E-state index in [1.807, 2.05) is 30.3 Å². The van der Waals surface area contributed by atoms with Crippen LogP contribution in [0.15, 0.2) is 30.3 Å². The van der Waals surface area contributed by atoms with E-state index in [1.54, 1.807) is 13.8 Å². The highest BCUT2D eigenvalue weighted by molar-refractivity contribution is 5.87. The van der Waals surface area contributed by atoms with Crippen LogP contribution in [0, 0.1) is 5.92 Å². The number of nitrogens with two attached hydrogens (primary N) is 1. The molecule has 4 heteroatoms. The lowest BCUT2D eigenvalue weighted by atomic mass is 10.0. The zero-order chi connectivity index (χ0) is 12.8. The molecule has 4 nitrogen and oxygen atoms in total. The zero-order valence-corrected chi connectivity index (χ0v) is 10.1. The van der Waals surface area contributed by atoms with E-state index in [-0.39, 0.29) is 11.8 Å². The summed E-state index contributed by atoms with van der Waals surface area (Å²) in [5, 5.41) is 2.65. The molecule has 17 heavy (non-hydrogen) atoms. The highest BCUT2D eigenvalue weighted by Crippen LogP contribution is 2.04. The summed E-state index contributed by atoms with van der Waals surface area (Å²) in [6, 6.07) is 8.83. The van der Waals surface area contributed by atoms with Crippen LogP contribution in [0.4, 0.5) is 0 Å². The summed E-state index contributed by atoms with van der Waals surface area (Å²) in [5.41, 5.74) is 6.25. The van der Waals surface area contributed by atoms with Crippen LogP contribution in [-0.2, 0) is 16.0 Å². The molecule has 1 aromatic rings. The minimum Gasteiger partial charge on any atom is -0.368 e. The van der Waals surface area contributed by atoms with Crippen LogP contribution in [0.5, 0.6) is 0 Å². The van der Waals surface area contributed by atoms with Gasteiger partial charge in [-0.15, -0.1) is 0 Å². The standard InChI is InChI=1S/C13H18N2O2/c1-9(2)13(17)15-11(12(14)16)8-10-6-4-3-5-7-10/h3-7,9,11H,8H2,1-2H3,(H2,14,16)(H,15,17). The van der Waals surface area contributed by atoms with Gasteiger partial charge in [0.15, 0.2) is 0 Å². The van der Waals surface area contributed by atoms with Gasteiger partial charge in [0.2, 0.25) is 11.8 Å². The maximum atomic E-state index is 11.5. The minimum atomic E-state index is -0.646. The normalized spacial score (nSPS) is 12.2. The fourth-order valence-electron chi connectivity index (χ4n) is 1.41. The highest BCUT2D eigenvalue weighted by Gasteiger charge is 2.19. The smallest absolute Gasteiger partial charge is 0.240 e. The molecule has 0 aliphatic rings. The maximum Gasteiger partial charge on any atom is 0.240 e. The molecule has 0 aromatic heterocycles. The lowest BCUT2D eigenvalue weighted by Crippen LogP contribution is -2.47. The molecule has 92 valence electrons. The fraction of sp³-hybridized carbons (Fsp3) is 0.385. The Morgan fingerprint density at radius 2 is 1.82 bits per heavy atom. The predicted molar refractivity (Wildman–Crippen MR) is 66.1 cm³/mol. The molecule has 1 atom stereocenters. The molecular formula is C13H18N2O2. The second-order valence-corrected chi connectivity index (χ2v) is 4.31. The number of nitrogens with one attached hydrogen (secondary N) is 1. The van der Waals surface area contributed by atoms with Gasteiger partial charge < -0.3 is 11.1 Å². The lowest BCUT2D eigenvalue weighted by molar-refractivity contribution is -0.129. The molecule has 0 bridgehead atoms. The number of hydrogen-bond acceptors (Lipinski definition) is 2. The molecular weight excluding hydrogens is 216 g/mol. The monoisotopic (exact) mass is 234 g/mol. The molecule has 0 saturated heterocycles. The molecule has 0 heterocycles. The van der Waals surface area contributed by atoms with Crippen LogP contribution in [0.1, 0.15) is 19.4 Å². The van der Waals surface area contributed by atoms with Crippen molar-refractivity contribution in [3.63, 3.8) is 0 Å². The average Bonchev–Trinajstić information content (AvgIpc) is 2.29. The quantitative estimate of drug-likeness (QED) is 0.793. The van der Waals surface area contributed by atoms with E-state index < -0.39 is 11.9 Å². The van der Waals surface area contributed by atoms with Crippen molar-refractivity contribution in [2.45, 2.75) is 26.3 Å². The summed E-state index contributed by atoms with van der Waals surface area (Å²) in [6.07, 6.45) is 0.425. The van der Waals surface area contributed by atoms with Crippen molar-refractivity contribution in [2.75, 3.05) is 0 Å². The van der Waals surface area contributed by atoms with E-state index in [2.05, 4.69) is 5.32 Å². The Bertz CT molecular complexity index is 388. The van der Waals surface area contributed by atoms with Gasteiger partial charge in [0.05, 0.1) is 0 Å². The summed E-state index contributed by atoms with van der Waals surface area (Å²) in [7, 11) is 0. The van der Waals surface area contributed by atoms with Crippen molar-refractivity contribution in [2.24, 2.45) is 11.7 Å². The highest BCUT2D eigenvalue weighted by atomic mass is 16.2.